The number of anilines is 1. The minimum atomic E-state index is -0.900. The van der Waals surface area contributed by atoms with Crippen molar-refractivity contribution in [3.05, 3.63) is 75.9 Å². The molecule has 176 valence electrons. The molecule has 1 fully saturated rings. The fraction of sp³-hybridized carbons (Fsp3) is 0.261. The quantitative estimate of drug-likeness (QED) is 0.559. The van der Waals surface area contributed by atoms with Gasteiger partial charge in [-0.25, -0.2) is 18.7 Å². The average Bonchev–Trinajstić information content (AvgIpc) is 3.32. The van der Waals surface area contributed by atoms with Crippen molar-refractivity contribution in [2.24, 2.45) is 0 Å². The molecule has 1 aliphatic heterocycles. The number of piperidine rings is 1. The number of aromatic nitrogens is 2. The van der Waals surface area contributed by atoms with Crippen molar-refractivity contribution in [1.29, 1.82) is 0 Å². The number of benzene rings is 1. The Balaban J connectivity index is 1.35. The van der Waals surface area contributed by atoms with Crippen LogP contribution in [0.2, 0.25) is 0 Å². The Morgan fingerprint density at radius 1 is 1.03 bits per heavy atom. The summed E-state index contributed by atoms with van der Waals surface area (Å²) >= 11 is 1.54. The maximum Gasteiger partial charge on any atom is 0.273 e. The van der Waals surface area contributed by atoms with Crippen LogP contribution in [0, 0.1) is 11.6 Å². The first-order valence-electron chi connectivity index (χ1n) is 10.6. The molecule has 0 radical (unpaired) electrons. The van der Waals surface area contributed by atoms with Crippen LogP contribution in [-0.4, -0.2) is 51.7 Å². The van der Waals surface area contributed by atoms with E-state index in [1.54, 1.807) is 16.2 Å². The average molecular weight is 486 g/mol. The largest absolute Gasteiger partial charge is 0.348 e. The van der Waals surface area contributed by atoms with Crippen molar-refractivity contribution < 1.29 is 23.2 Å². The Bertz CT molecular complexity index is 1180. The maximum absolute atomic E-state index is 13.4. The third kappa shape index (κ3) is 5.79. The minimum absolute atomic E-state index is 0.0555. The van der Waals surface area contributed by atoms with Gasteiger partial charge in [-0.2, -0.15) is 0 Å². The van der Waals surface area contributed by atoms with E-state index in [1.807, 2.05) is 17.5 Å². The molecule has 3 aromatic rings. The molecule has 1 saturated heterocycles. The summed E-state index contributed by atoms with van der Waals surface area (Å²) in [6.45, 7) is 1.04. The fourth-order valence-electron chi connectivity index (χ4n) is 3.66. The number of rotatable bonds is 6. The highest BCUT2D eigenvalue weighted by Gasteiger charge is 2.26. The number of thiophene rings is 1. The highest BCUT2D eigenvalue weighted by atomic mass is 32.1. The van der Waals surface area contributed by atoms with Gasteiger partial charge in [0, 0.05) is 48.0 Å². The van der Waals surface area contributed by atoms with Gasteiger partial charge in [0.1, 0.15) is 11.6 Å². The van der Waals surface area contributed by atoms with Gasteiger partial charge in [0.2, 0.25) is 5.91 Å². The van der Waals surface area contributed by atoms with Crippen molar-refractivity contribution in [2.75, 3.05) is 18.4 Å². The van der Waals surface area contributed by atoms with Gasteiger partial charge >= 0.3 is 0 Å². The number of nitrogens with zero attached hydrogens (tertiary/aromatic N) is 3. The molecule has 3 amide bonds. The van der Waals surface area contributed by atoms with E-state index >= 15 is 0 Å². The van der Waals surface area contributed by atoms with Gasteiger partial charge in [-0.1, -0.05) is 6.07 Å². The molecule has 0 bridgehead atoms. The third-order valence-corrected chi connectivity index (χ3v) is 6.23. The second-order valence-corrected chi connectivity index (χ2v) is 8.78. The maximum atomic E-state index is 13.4. The predicted octanol–water partition coefficient (Wildman–Crippen LogP) is 3.03. The number of hydrogen-bond acceptors (Lipinski definition) is 6. The first kappa shape index (κ1) is 23.4. The Morgan fingerprint density at radius 3 is 2.41 bits per heavy atom. The molecule has 0 spiro atoms. The van der Waals surface area contributed by atoms with Crippen LogP contribution in [0.25, 0.3) is 0 Å². The summed E-state index contributed by atoms with van der Waals surface area (Å²) in [4.78, 5) is 48.5. The normalized spacial score (nSPS) is 14.0. The van der Waals surface area contributed by atoms with Gasteiger partial charge in [-0.05, 0) is 36.4 Å². The molecule has 2 aromatic heterocycles. The molecule has 4 rings (SSSR count). The number of carbonyl (C=O) groups is 3. The van der Waals surface area contributed by atoms with Crippen LogP contribution in [0.4, 0.5) is 14.6 Å². The lowest BCUT2D eigenvalue weighted by atomic mass is 10.0. The van der Waals surface area contributed by atoms with E-state index in [1.165, 1.54) is 12.4 Å². The van der Waals surface area contributed by atoms with E-state index in [9.17, 15) is 23.2 Å². The summed E-state index contributed by atoms with van der Waals surface area (Å²) < 4.78 is 26.9. The second kappa shape index (κ2) is 10.5. The minimum Gasteiger partial charge on any atom is -0.348 e. The molecule has 0 saturated carbocycles. The summed E-state index contributed by atoms with van der Waals surface area (Å²) in [7, 11) is 0. The third-order valence-electron chi connectivity index (χ3n) is 5.36. The van der Waals surface area contributed by atoms with Gasteiger partial charge < -0.3 is 15.5 Å². The van der Waals surface area contributed by atoms with Crippen molar-refractivity contribution in [3.63, 3.8) is 0 Å². The Kier molecular flexibility index (Phi) is 7.21. The number of hydrogen-bond donors (Lipinski definition) is 2. The molecule has 2 N–H and O–H groups in total. The van der Waals surface area contributed by atoms with Crippen LogP contribution < -0.4 is 10.6 Å². The summed E-state index contributed by atoms with van der Waals surface area (Å²) in [6.07, 6.45) is 4.11. The molecule has 0 unspecified atom stereocenters. The molecule has 8 nitrogen and oxygen atoms in total. The summed E-state index contributed by atoms with van der Waals surface area (Å²) in [5.41, 5.74) is -0.377. The van der Waals surface area contributed by atoms with Gasteiger partial charge in [-0.3, -0.25) is 14.4 Å². The van der Waals surface area contributed by atoms with Crippen molar-refractivity contribution in [2.45, 2.75) is 25.3 Å². The Hall–Kier alpha value is -3.73. The lowest BCUT2D eigenvalue weighted by Crippen LogP contribution is -2.47. The monoisotopic (exact) mass is 485 g/mol. The van der Waals surface area contributed by atoms with Crippen LogP contribution in [0.5, 0.6) is 0 Å². The van der Waals surface area contributed by atoms with Crippen molar-refractivity contribution in [1.82, 2.24) is 20.2 Å². The number of amides is 3. The number of likely N-dealkylation sites (tertiary alicyclic amines) is 1. The zero-order chi connectivity index (χ0) is 24.1. The van der Waals surface area contributed by atoms with Gasteiger partial charge in [0.05, 0.1) is 6.42 Å². The predicted molar refractivity (Wildman–Crippen MR) is 121 cm³/mol. The molecule has 3 heterocycles. The van der Waals surface area contributed by atoms with Crippen LogP contribution >= 0.6 is 11.3 Å². The van der Waals surface area contributed by atoms with Crippen LogP contribution in [0.3, 0.4) is 0 Å². The zero-order valence-electron chi connectivity index (χ0n) is 18.0. The van der Waals surface area contributed by atoms with E-state index in [0.29, 0.717) is 38.4 Å². The number of carbonyl (C=O) groups excluding carboxylic acids is 3. The van der Waals surface area contributed by atoms with Crippen LogP contribution in [0.15, 0.2) is 48.1 Å². The summed E-state index contributed by atoms with van der Waals surface area (Å²) in [5, 5.41) is 7.18. The highest BCUT2D eigenvalue weighted by molar-refractivity contribution is 7.10. The van der Waals surface area contributed by atoms with E-state index in [2.05, 4.69) is 20.6 Å². The van der Waals surface area contributed by atoms with Crippen molar-refractivity contribution >= 4 is 34.9 Å². The SMILES string of the molecule is O=C(Nc1nccnc1C(=O)NC1CCN(C(=O)Cc2cccs2)CC1)c1cc(F)cc(F)c1. The van der Waals surface area contributed by atoms with Gasteiger partial charge in [0.25, 0.3) is 11.8 Å². The summed E-state index contributed by atoms with van der Waals surface area (Å²) in [6, 6.07) is 6.07. The molecular weight excluding hydrogens is 464 g/mol. The van der Waals surface area contributed by atoms with Crippen molar-refractivity contribution in [3.8, 4) is 0 Å². The molecular formula is C23H21F2N5O3S. The first-order chi connectivity index (χ1) is 16.4. The molecule has 11 heteroatoms. The molecule has 1 aromatic carbocycles. The molecule has 0 aliphatic carbocycles. The lowest BCUT2D eigenvalue weighted by molar-refractivity contribution is -0.131. The van der Waals surface area contributed by atoms with Crippen LogP contribution in [0.1, 0.15) is 38.6 Å². The van der Waals surface area contributed by atoms with E-state index in [0.717, 1.165) is 17.0 Å². The van der Waals surface area contributed by atoms with E-state index < -0.39 is 23.4 Å². The Morgan fingerprint density at radius 2 is 1.74 bits per heavy atom. The molecule has 1 aliphatic rings. The molecule has 0 atom stereocenters. The number of halogens is 2. The smallest absolute Gasteiger partial charge is 0.273 e. The fourth-order valence-corrected chi connectivity index (χ4v) is 4.36. The van der Waals surface area contributed by atoms with Gasteiger partial charge in [-0.15, -0.1) is 11.3 Å². The zero-order valence-corrected chi connectivity index (χ0v) is 18.8. The number of nitrogens with one attached hydrogen (secondary N) is 2. The highest BCUT2D eigenvalue weighted by Crippen LogP contribution is 2.17. The van der Waals surface area contributed by atoms with E-state index in [4.69, 9.17) is 0 Å². The topological polar surface area (TPSA) is 104 Å². The second-order valence-electron chi connectivity index (χ2n) is 7.75. The van der Waals surface area contributed by atoms with Gasteiger partial charge in [0.15, 0.2) is 11.5 Å². The Labute approximate surface area is 198 Å². The van der Waals surface area contributed by atoms with E-state index in [-0.39, 0.29) is 29.0 Å². The standard InChI is InChI=1S/C23H21F2N5O3S/c24-15-10-14(11-16(25)12-15)22(32)29-21-20(26-5-6-27-21)23(33)28-17-3-7-30(8-4-17)19(31)13-18-2-1-9-34-18/h1-2,5-6,9-12,17H,3-4,7-8,13H2,(H,28,33)(H,27,29,32). The van der Waals surface area contributed by atoms with Crippen LogP contribution in [-0.2, 0) is 11.2 Å². The lowest BCUT2D eigenvalue weighted by Gasteiger charge is -2.32. The molecule has 34 heavy (non-hydrogen) atoms. The first-order valence-corrected chi connectivity index (χ1v) is 11.5. The summed E-state index contributed by atoms with van der Waals surface area (Å²) in [5.74, 6) is -3.24.